The van der Waals surface area contributed by atoms with Crippen LogP contribution in [0.1, 0.15) is 15.9 Å². The molecular weight excluding hydrogens is 357 g/mol. The van der Waals surface area contributed by atoms with Crippen LogP contribution in [0.15, 0.2) is 60.4 Å². The van der Waals surface area contributed by atoms with Crippen molar-refractivity contribution in [2.45, 2.75) is 11.9 Å². The lowest BCUT2D eigenvalue weighted by atomic mass is 10.0. The smallest absolute Gasteiger partial charge is 0.448 e. The Kier molecular flexibility index (Phi) is 5.63. The number of aliphatic hydroxyl groups is 1. The van der Waals surface area contributed by atoms with E-state index in [2.05, 4.69) is 0 Å². The van der Waals surface area contributed by atoms with Gasteiger partial charge in [0.05, 0.1) is 5.75 Å². The number of thiol groups is 1. The third kappa shape index (κ3) is 5.18. The van der Waals surface area contributed by atoms with Crippen LogP contribution in [-0.2, 0) is 16.5 Å². The van der Waals surface area contributed by atoms with E-state index < -0.39 is 28.4 Å². The van der Waals surface area contributed by atoms with Gasteiger partial charge in [0.25, 0.3) is 0 Å². The molecule has 0 atom stereocenters. The number of ketones is 1. The van der Waals surface area contributed by atoms with Crippen LogP contribution in [0.3, 0.4) is 0 Å². The molecule has 0 heterocycles. The van der Waals surface area contributed by atoms with E-state index in [9.17, 15) is 26.4 Å². The van der Waals surface area contributed by atoms with Crippen molar-refractivity contribution < 1.29 is 31.5 Å². The number of hydrogen-bond donors (Lipinski definition) is 2. The second-order valence-corrected chi connectivity index (χ2v) is 6.14. The van der Waals surface area contributed by atoms with E-state index in [4.69, 9.17) is 5.11 Å². The van der Waals surface area contributed by atoms with Gasteiger partial charge in [-0.1, -0.05) is 48.5 Å². The second kappa shape index (κ2) is 7.52. The average molecular weight is 370 g/mol. The standard InChI is InChI=1S/C17H13F3O4S/c18-17(19,20)16(22)9-15(21)13-6-4-12(5-7-13)14-3-1-2-11(8-14)10-25(23)24/h1-9,22,25H,10H2/b16-9-. The summed E-state index contributed by atoms with van der Waals surface area (Å²) < 4.78 is 58.3. The predicted molar refractivity (Wildman–Crippen MR) is 87.0 cm³/mol. The zero-order valence-electron chi connectivity index (χ0n) is 12.7. The maximum absolute atomic E-state index is 12.2. The van der Waals surface area contributed by atoms with Crippen molar-refractivity contribution in [3.8, 4) is 11.1 Å². The molecule has 0 bridgehead atoms. The van der Waals surface area contributed by atoms with E-state index in [1.807, 2.05) is 0 Å². The van der Waals surface area contributed by atoms with Gasteiger partial charge in [-0.3, -0.25) is 4.79 Å². The molecule has 0 radical (unpaired) electrons. The van der Waals surface area contributed by atoms with Crippen molar-refractivity contribution in [3.63, 3.8) is 0 Å². The van der Waals surface area contributed by atoms with Gasteiger partial charge in [0.2, 0.25) is 5.76 Å². The minimum atomic E-state index is -4.97. The molecule has 2 rings (SSSR count). The summed E-state index contributed by atoms with van der Waals surface area (Å²) in [5, 5.41) is 8.82. The number of benzene rings is 2. The first kappa shape index (κ1) is 18.7. The predicted octanol–water partition coefficient (Wildman–Crippen LogP) is 3.65. The molecule has 2 aromatic carbocycles. The summed E-state index contributed by atoms with van der Waals surface area (Å²) in [4.78, 5) is 11.7. The second-order valence-electron chi connectivity index (χ2n) is 5.16. The number of carbonyl (C=O) groups excluding carboxylic acids is 1. The molecule has 25 heavy (non-hydrogen) atoms. The molecule has 0 saturated carbocycles. The quantitative estimate of drug-likeness (QED) is 0.365. The van der Waals surface area contributed by atoms with Crippen molar-refractivity contribution in [2.75, 3.05) is 0 Å². The van der Waals surface area contributed by atoms with E-state index in [0.717, 1.165) is 0 Å². The molecule has 0 aromatic heterocycles. The molecule has 8 heteroatoms. The number of allylic oxidation sites excluding steroid dienone is 2. The van der Waals surface area contributed by atoms with Gasteiger partial charge in [-0.05, 0) is 16.7 Å². The molecule has 0 unspecified atom stereocenters. The molecule has 2 aromatic rings. The SMILES string of the molecule is O=C(/C=C(\O)C(F)(F)F)c1ccc(-c2cccc(C[SH](=O)=O)c2)cc1. The third-order valence-electron chi connectivity index (χ3n) is 3.30. The first-order valence-corrected chi connectivity index (χ1v) is 8.36. The molecule has 0 spiro atoms. The Labute approximate surface area is 143 Å². The van der Waals surface area contributed by atoms with Crippen molar-refractivity contribution in [2.24, 2.45) is 0 Å². The summed E-state index contributed by atoms with van der Waals surface area (Å²) in [7, 11) is -2.56. The van der Waals surface area contributed by atoms with Gasteiger partial charge in [0.1, 0.15) is 10.7 Å². The number of hydrogen-bond acceptors (Lipinski definition) is 4. The van der Waals surface area contributed by atoms with E-state index in [-0.39, 0.29) is 17.4 Å². The molecule has 0 saturated heterocycles. The molecule has 0 amide bonds. The molecule has 0 fully saturated rings. The van der Waals surface area contributed by atoms with Crippen LogP contribution in [0.5, 0.6) is 0 Å². The first-order valence-electron chi connectivity index (χ1n) is 7.00. The largest absolute Gasteiger partial charge is 0.504 e. The maximum Gasteiger partial charge on any atom is 0.448 e. The molecule has 132 valence electrons. The highest BCUT2D eigenvalue weighted by atomic mass is 32.2. The molecular formula is C17H13F3O4S. The van der Waals surface area contributed by atoms with Gasteiger partial charge < -0.3 is 5.11 Å². The van der Waals surface area contributed by atoms with Gasteiger partial charge in [-0.2, -0.15) is 13.2 Å². The third-order valence-corrected chi connectivity index (χ3v) is 3.92. The number of alkyl halides is 3. The van der Waals surface area contributed by atoms with Crippen LogP contribution in [0.4, 0.5) is 13.2 Å². The Morgan fingerprint density at radius 2 is 1.68 bits per heavy atom. The van der Waals surface area contributed by atoms with Crippen LogP contribution in [-0.4, -0.2) is 25.5 Å². The first-order chi connectivity index (χ1) is 11.7. The lowest BCUT2D eigenvalue weighted by Gasteiger charge is -2.06. The summed E-state index contributed by atoms with van der Waals surface area (Å²) >= 11 is 0. The minimum absolute atomic E-state index is 0.0154. The lowest BCUT2D eigenvalue weighted by Crippen LogP contribution is -2.13. The monoisotopic (exact) mass is 370 g/mol. The summed E-state index contributed by atoms with van der Waals surface area (Å²) in [5.41, 5.74) is 1.97. The van der Waals surface area contributed by atoms with Crippen LogP contribution in [0.25, 0.3) is 11.1 Å². The maximum atomic E-state index is 12.2. The number of aliphatic hydroxyl groups excluding tert-OH is 1. The molecule has 0 aliphatic rings. The highest BCUT2D eigenvalue weighted by Gasteiger charge is 2.34. The Morgan fingerprint density at radius 3 is 2.24 bits per heavy atom. The zero-order valence-corrected chi connectivity index (χ0v) is 13.6. The van der Waals surface area contributed by atoms with Crippen molar-refractivity contribution >= 4 is 16.5 Å². The average Bonchev–Trinajstić information content (AvgIpc) is 2.53. The number of halogens is 3. The fourth-order valence-corrected chi connectivity index (χ4v) is 2.61. The van der Waals surface area contributed by atoms with Gasteiger partial charge >= 0.3 is 6.18 Å². The Morgan fingerprint density at radius 1 is 1.04 bits per heavy atom. The summed E-state index contributed by atoms with van der Waals surface area (Å²) in [5.74, 6) is -3.03. The van der Waals surface area contributed by atoms with E-state index in [0.29, 0.717) is 16.7 Å². The van der Waals surface area contributed by atoms with E-state index in [1.165, 1.54) is 24.3 Å². The zero-order chi connectivity index (χ0) is 18.6. The normalized spacial score (nSPS) is 12.4. The van der Waals surface area contributed by atoms with Crippen molar-refractivity contribution in [3.05, 3.63) is 71.5 Å². The van der Waals surface area contributed by atoms with Crippen LogP contribution in [0.2, 0.25) is 0 Å². The molecule has 0 aliphatic heterocycles. The van der Waals surface area contributed by atoms with Crippen LogP contribution >= 0.6 is 0 Å². The highest BCUT2D eigenvalue weighted by Crippen LogP contribution is 2.25. The van der Waals surface area contributed by atoms with Gasteiger partial charge in [0.15, 0.2) is 5.78 Å². The number of rotatable bonds is 5. The van der Waals surface area contributed by atoms with E-state index >= 15 is 0 Å². The lowest BCUT2D eigenvalue weighted by molar-refractivity contribution is -0.120. The fourth-order valence-electron chi connectivity index (χ4n) is 2.11. The van der Waals surface area contributed by atoms with Crippen molar-refractivity contribution in [1.82, 2.24) is 0 Å². The molecule has 4 nitrogen and oxygen atoms in total. The van der Waals surface area contributed by atoms with Gasteiger partial charge in [-0.15, -0.1) is 0 Å². The van der Waals surface area contributed by atoms with Crippen LogP contribution < -0.4 is 0 Å². The number of carbonyl (C=O) groups is 1. The summed E-state index contributed by atoms with van der Waals surface area (Å²) in [6.07, 6.45) is -4.85. The van der Waals surface area contributed by atoms with E-state index in [1.54, 1.807) is 24.3 Å². The highest BCUT2D eigenvalue weighted by molar-refractivity contribution is 7.71. The van der Waals surface area contributed by atoms with Gasteiger partial charge in [0, 0.05) is 11.6 Å². The molecule has 0 aliphatic carbocycles. The Bertz CT molecular complexity index is 874. The Balaban J connectivity index is 2.24. The minimum Gasteiger partial charge on any atom is -0.504 e. The van der Waals surface area contributed by atoms with Gasteiger partial charge in [-0.25, -0.2) is 8.42 Å². The summed E-state index contributed by atoms with van der Waals surface area (Å²) in [6.45, 7) is 0. The topological polar surface area (TPSA) is 71.4 Å². The fraction of sp³-hybridized carbons (Fsp3) is 0.118. The van der Waals surface area contributed by atoms with Crippen molar-refractivity contribution in [1.29, 1.82) is 0 Å². The molecule has 1 N–H and O–H groups in total. The van der Waals surface area contributed by atoms with Crippen LogP contribution in [0, 0.1) is 0 Å². The Hall–Kier alpha value is -2.61. The summed E-state index contributed by atoms with van der Waals surface area (Å²) in [6, 6.07) is 12.5.